The Morgan fingerprint density at radius 3 is 1.61 bits per heavy atom. The van der Waals surface area contributed by atoms with Crippen molar-refractivity contribution in [2.24, 2.45) is 11.8 Å². The third kappa shape index (κ3) is 2.15. The molecule has 1 aliphatic heterocycles. The molecule has 4 nitrogen and oxygen atoms in total. The number of nitrogens with zero attached hydrogens (tertiary/aromatic N) is 1. The number of alkyl halides is 2. The maximum absolute atomic E-state index is 13.9. The number of benzene rings is 3. The number of ether oxygens (including phenoxy) is 1. The van der Waals surface area contributed by atoms with E-state index in [0.717, 1.165) is 22.3 Å². The number of methoxy groups -OCH3 is 1. The second kappa shape index (κ2) is 6.30. The van der Waals surface area contributed by atoms with E-state index in [1.54, 1.807) is 31.4 Å². The Labute approximate surface area is 196 Å². The lowest BCUT2D eigenvalue weighted by molar-refractivity contribution is -0.122. The van der Waals surface area contributed by atoms with Gasteiger partial charge in [0, 0.05) is 6.07 Å². The van der Waals surface area contributed by atoms with Gasteiger partial charge >= 0.3 is 0 Å². The third-order valence-corrected chi connectivity index (χ3v) is 9.59. The highest BCUT2D eigenvalue weighted by Crippen LogP contribution is 2.70. The molecule has 1 fully saturated rings. The highest BCUT2D eigenvalue weighted by molar-refractivity contribution is 9.10. The second-order valence-corrected chi connectivity index (χ2v) is 10.7. The van der Waals surface area contributed by atoms with Crippen LogP contribution in [-0.2, 0) is 18.2 Å². The van der Waals surface area contributed by atoms with E-state index in [-0.39, 0.29) is 11.8 Å². The average molecular weight is 539 g/mol. The van der Waals surface area contributed by atoms with Crippen LogP contribution in [0.5, 0.6) is 5.75 Å². The van der Waals surface area contributed by atoms with E-state index in [9.17, 15) is 9.59 Å². The van der Waals surface area contributed by atoms with Crippen LogP contribution in [0.25, 0.3) is 0 Å². The van der Waals surface area contributed by atoms with E-state index in [0.29, 0.717) is 11.4 Å². The van der Waals surface area contributed by atoms with Gasteiger partial charge in [-0.3, -0.25) is 9.59 Å². The summed E-state index contributed by atoms with van der Waals surface area (Å²) >= 11 is 8.02. The van der Waals surface area contributed by atoms with Crippen molar-refractivity contribution in [2.45, 2.75) is 8.65 Å². The van der Waals surface area contributed by atoms with E-state index < -0.39 is 20.5 Å². The van der Waals surface area contributed by atoms with Gasteiger partial charge in [-0.2, -0.15) is 0 Å². The van der Waals surface area contributed by atoms with Gasteiger partial charge in [0.25, 0.3) is 0 Å². The van der Waals surface area contributed by atoms with Crippen LogP contribution in [0.1, 0.15) is 22.3 Å². The molecule has 7 rings (SSSR count). The number of rotatable bonds is 2. The topological polar surface area (TPSA) is 46.6 Å². The SMILES string of the molecule is COc1cccc(N2C(=O)C3C(C2=O)C2(Br)c4ccccc4C3(Br)c3ccccc32)c1. The molecule has 0 radical (unpaired) electrons. The fourth-order valence-corrected chi connectivity index (χ4v) is 7.97. The molecule has 2 atom stereocenters. The van der Waals surface area contributed by atoms with Gasteiger partial charge in [-0.05, 0) is 34.4 Å². The monoisotopic (exact) mass is 537 g/mol. The first kappa shape index (κ1) is 19.3. The summed E-state index contributed by atoms with van der Waals surface area (Å²) in [6, 6.07) is 23.3. The molecule has 0 saturated carbocycles. The molecule has 154 valence electrons. The highest BCUT2D eigenvalue weighted by atomic mass is 79.9. The highest BCUT2D eigenvalue weighted by Gasteiger charge is 2.72. The number of hydrogen-bond donors (Lipinski definition) is 0. The Morgan fingerprint density at radius 1 is 0.742 bits per heavy atom. The second-order valence-electron chi connectivity index (χ2n) is 8.18. The van der Waals surface area contributed by atoms with Gasteiger partial charge in [-0.15, -0.1) is 0 Å². The molecule has 2 bridgehead atoms. The number of imide groups is 1. The Hall–Kier alpha value is -2.44. The zero-order chi connectivity index (χ0) is 21.5. The molecule has 0 N–H and O–H groups in total. The lowest BCUT2D eigenvalue weighted by atomic mass is 9.54. The molecule has 3 aromatic rings. The minimum atomic E-state index is -0.777. The minimum Gasteiger partial charge on any atom is -0.497 e. The van der Waals surface area contributed by atoms with Crippen molar-refractivity contribution in [1.29, 1.82) is 0 Å². The fraction of sp³-hybridized carbons (Fsp3) is 0.200. The fourth-order valence-electron chi connectivity index (χ4n) is 5.67. The summed E-state index contributed by atoms with van der Waals surface area (Å²) in [6.45, 7) is 0. The van der Waals surface area contributed by atoms with Crippen molar-refractivity contribution in [3.63, 3.8) is 0 Å². The summed E-state index contributed by atoms with van der Waals surface area (Å²) in [6.07, 6.45) is 0. The molecule has 31 heavy (non-hydrogen) atoms. The van der Waals surface area contributed by atoms with Gasteiger partial charge in [0.05, 0.1) is 33.3 Å². The van der Waals surface area contributed by atoms with Crippen molar-refractivity contribution in [3.8, 4) is 5.75 Å². The molecule has 2 unspecified atom stereocenters. The quantitative estimate of drug-likeness (QED) is 0.336. The molecule has 0 spiro atoms. The van der Waals surface area contributed by atoms with Crippen molar-refractivity contribution >= 4 is 49.4 Å². The van der Waals surface area contributed by atoms with Crippen molar-refractivity contribution < 1.29 is 14.3 Å². The molecule has 4 aliphatic rings. The first-order valence-corrected chi connectivity index (χ1v) is 11.6. The number of carbonyl (C=O) groups excluding carboxylic acids is 2. The zero-order valence-corrected chi connectivity index (χ0v) is 19.7. The predicted octanol–water partition coefficient (Wildman–Crippen LogP) is 5.11. The van der Waals surface area contributed by atoms with Gasteiger partial charge in [0.1, 0.15) is 5.75 Å². The summed E-state index contributed by atoms with van der Waals surface area (Å²) < 4.78 is 3.78. The summed E-state index contributed by atoms with van der Waals surface area (Å²) in [7, 11) is 1.57. The summed E-state index contributed by atoms with van der Waals surface area (Å²) in [5.41, 5.74) is 4.64. The Morgan fingerprint density at radius 2 is 1.19 bits per heavy atom. The van der Waals surface area contributed by atoms with E-state index >= 15 is 0 Å². The van der Waals surface area contributed by atoms with Crippen LogP contribution in [0.2, 0.25) is 0 Å². The smallest absolute Gasteiger partial charge is 0.239 e. The van der Waals surface area contributed by atoms with E-state index in [2.05, 4.69) is 56.1 Å². The molecule has 0 aromatic heterocycles. The lowest BCUT2D eigenvalue weighted by Crippen LogP contribution is -2.56. The van der Waals surface area contributed by atoms with Gasteiger partial charge in [-0.25, -0.2) is 4.90 Å². The van der Waals surface area contributed by atoms with Crippen LogP contribution >= 0.6 is 31.9 Å². The minimum absolute atomic E-state index is 0.201. The normalized spacial score (nSPS) is 30.1. The number of anilines is 1. The molecule has 3 aromatic carbocycles. The molecular weight excluding hydrogens is 522 g/mol. The molecular formula is C25H17Br2NO3. The van der Waals surface area contributed by atoms with Crippen LogP contribution in [-0.4, -0.2) is 18.9 Å². The molecule has 6 heteroatoms. The van der Waals surface area contributed by atoms with Crippen molar-refractivity contribution in [2.75, 3.05) is 12.0 Å². The number of carbonyl (C=O) groups is 2. The van der Waals surface area contributed by atoms with Gasteiger partial charge in [0.15, 0.2) is 0 Å². The van der Waals surface area contributed by atoms with Crippen LogP contribution < -0.4 is 9.64 Å². The maximum Gasteiger partial charge on any atom is 0.239 e. The zero-order valence-electron chi connectivity index (χ0n) is 16.5. The first-order valence-electron chi connectivity index (χ1n) is 10.0. The maximum atomic E-state index is 13.9. The van der Waals surface area contributed by atoms with Crippen LogP contribution in [0.15, 0.2) is 72.8 Å². The van der Waals surface area contributed by atoms with Gasteiger partial charge < -0.3 is 4.74 Å². The largest absolute Gasteiger partial charge is 0.497 e. The first-order chi connectivity index (χ1) is 14.9. The van der Waals surface area contributed by atoms with Crippen LogP contribution in [0, 0.1) is 11.8 Å². The number of hydrogen-bond acceptors (Lipinski definition) is 3. The van der Waals surface area contributed by atoms with Gasteiger partial charge in [0.2, 0.25) is 11.8 Å². The third-order valence-electron chi connectivity index (χ3n) is 6.90. The number of halogens is 2. The Kier molecular flexibility index (Phi) is 3.91. The molecule has 2 amide bonds. The van der Waals surface area contributed by atoms with E-state index in [1.165, 1.54) is 4.90 Å². The molecule has 1 saturated heterocycles. The Balaban J connectivity index is 1.64. The van der Waals surface area contributed by atoms with Gasteiger partial charge in [-0.1, -0.05) is 86.5 Å². The lowest BCUT2D eigenvalue weighted by Gasteiger charge is -2.55. The van der Waals surface area contributed by atoms with Crippen LogP contribution in [0.4, 0.5) is 5.69 Å². The molecule has 1 heterocycles. The van der Waals surface area contributed by atoms with Crippen molar-refractivity contribution in [1.82, 2.24) is 0 Å². The number of amides is 2. The summed E-state index contributed by atoms with van der Waals surface area (Å²) in [5, 5.41) is 0. The van der Waals surface area contributed by atoms with E-state index in [1.807, 2.05) is 24.3 Å². The average Bonchev–Trinajstić information content (AvgIpc) is 3.08. The standard InChI is InChI=1S/C25H17Br2NO3/c1-31-15-8-6-7-14(13-15)28-22(29)20-21(23(28)30)25(27)17-10-3-2-9-16(17)24(20,26)18-11-4-5-12-19(18)25/h2-13,20-21H,1H3. The van der Waals surface area contributed by atoms with E-state index in [4.69, 9.17) is 4.74 Å². The van der Waals surface area contributed by atoms with Crippen LogP contribution in [0.3, 0.4) is 0 Å². The summed E-state index contributed by atoms with van der Waals surface area (Å²) in [4.78, 5) is 29.2. The predicted molar refractivity (Wildman–Crippen MR) is 125 cm³/mol. The Bertz CT molecular complexity index is 1170. The summed E-state index contributed by atoms with van der Waals surface area (Å²) in [5.74, 6) is -0.948. The van der Waals surface area contributed by atoms with Crippen molar-refractivity contribution in [3.05, 3.63) is 95.1 Å². The molecule has 3 aliphatic carbocycles.